The van der Waals surface area contributed by atoms with Gasteiger partial charge in [-0.1, -0.05) is 6.07 Å². The number of hydrogen-bond acceptors (Lipinski definition) is 6. The first-order valence-electron chi connectivity index (χ1n) is 6.81. The zero-order valence-electron chi connectivity index (χ0n) is 13.1. The Morgan fingerprint density at radius 2 is 1.91 bits per heavy atom. The van der Waals surface area contributed by atoms with Gasteiger partial charge in [0.25, 0.3) is 11.9 Å². The lowest BCUT2D eigenvalue weighted by Crippen LogP contribution is -2.33. The Balaban J connectivity index is 2.69. The third-order valence-corrected chi connectivity index (χ3v) is 2.63. The number of carbonyl (C=O) groups is 1. The summed E-state index contributed by atoms with van der Waals surface area (Å²) in [4.78, 5) is 16.3. The average molecular weight is 310 g/mol. The lowest BCUT2D eigenvalue weighted by atomic mass is 10.2. The van der Waals surface area contributed by atoms with E-state index in [0.717, 1.165) is 0 Å². The quantitative estimate of drug-likeness (QED) is 0.442. The van der Waals surface area contributed by atoms with Crippen LogP contribution in [-0.4, -0.2) is 59.6 Å². The summed E-state index contributed by atoms with van der Waals surface area (Å²) in [5, 5.41) is 2.62. The number of ether oxygens (including phenoxy) is 4. The molecule has 7 heteroatoms. The smallest absolute Gasteiger partial charge is 0.291 e. The molecule has 1 N–H and O–H groups in total. The molecule has 0 unspecified atom stereocenters. The standard InChI is InChI=1S/C15H22N2O5/c1-19-8-7-16-15(22-10-9-20-2)17-14(18)12-5-4-6-13(11-12)21-3/h4-6,11H,7-10H2,1-3H3,(H,16,17,18). The second-order valence-electron chi connectivity index (χ2n) is 4.21. The predicted molar refractivity (Wildman–Crippen MR) is 82.5 cm³/mol. The van der Waals surface area contributed by atoms with Crippen molar-refractivity contribution in [1.82, 2.24) is 5.32 Å². The zero-order chi connectivity index (χ0) is 16.2. The maximum atomic E-state index is 12.2. The van der Waals surface area contributed by atoms with Gasteiger partial charge >= 0.3 is 0 Å². The lowest BCUT2D eigenvalue weighted by Gasteiger charge is -2.11. The largest absolute Gasteiger partial charge is 0.497 e. The van der Waals surface area contributed by atoms with Crippen molar-refractivity contribution in [3.63, 3.8) is 0 Å². The van der Waals surface area contributed by atoms with E-state index in [2.05, 4.69) is 10.3 Å². The van der Waals surface area contributed by atoms with Crippen molar-refractivity contribution in [2.45, 2.75) is 0 Å². The molecule has 0 spiro atoms. The summed E-state index contributed by atoms with van der Waals surface area (Å²) in [6, 6.07) is 6.96. The fourth-order valence-corrected chi connectivity index (χ4v) is 1.52. The van der Waals surface area contributed by atoms with Gasteiger partial charge in [-0.3, -0.25) is 10.1 Å². The zero-order valence-corrected chi connectivity index (χ0v) is 13.1. The predicted octanol–water partition coefficient (Wildman–Crippen LogP) is 1.09. The summed E-state index contributed by atoms with van der Waals surface area (Å²) in [6.07, 6.45) is 0. The number of amides is 1. The number of aliphatic imine (C=N–C) groups is 1. The van der Waals surface area contributed by atoms with Crippen LogP contribution in [-0.2, 0) is 14.2 Å². The number of methoxy groups -OCH3 is 3. The third-order valence-electron chi connectivity index (χ3n) is 2.63. The molecule has 1 rings (SSSR count). The Kier molecular flexibility index (Phi) is 8.63. The highest BCUT2D eigenvalue weighted by atomic mass is 16.5. The molecule has 1 aromatic carbocycles. The maximum absolute atomic E-state index is 12.2. The molecule has 0 bridgehead atoms. The first-order chi connectivity index (χ1) is 10.7. The average Bonchev–Trinajstić information content (AvgIpc) is 2.55. The Morgan fingerprint density at radius 3 is 2.59 bits per heavy atom. The maximum Gasteiger partial charge on any atom is 0.291 e. The molecule has 0 fully saturated rings. The molecule has 1 amide bonds. The summed E-state index contributed by atoms with van der Waals surface area (Å²) < 4.78 is 20.3. The van der Waals surface area contributed by atoms with Gasteiger partial charge in [0.2, 0.25) is 0 Å². The van der Waals surface area contributed by atoms with Crippen molar-refractivity contribution in [3.8, 4) is 5.75 Å². The normalized spacial score (nSPS) is 11.1. The minimum absolute atomic E-state index is 0.141. The van der Waals surface area contributed by atoms with Gasteiger partial charge in [-0.05, 0) is 18.2 Å². The van der Waals surface area contributed by atoms with Crippen LogP contribution in [0.15, 0.2) is 29.3 Å². The molecule has 1 aromatic rings. The van der Waals surface area contributed by atoms with Gasteiger partial charge < -0.3 is 18.9 Å². The highest BCUT2D eigenvalue weighted by Crippen LogP contribution is 2.12. The Hall–Kier alpha value is -2.12. The van der Waals surface area contributed by atoms with E-state index in [1.807, 2.05) is 0 Å². The summed E-state index contributed by atoms with van der Waals surface area (Å²) in [5.41, 5.74) is 0.453. The fraction of sp³-hybridized carbons (Fsp3) is 0.467. The molecule has 0 saturated heterocycles. The van der Waals surface area contributed by atoms with Crippen LogP contribution in [0.4, 0.5) is 0 Å². The van der Waals surface area contributed by atoms with Crippen molar-refractivity contribution in [2.75, 3.05) is 47.7 Å². The molecule has 0 radical (unpaired) electrons. The van der Waals surface area contributed by atoms with Crippen LogP contribution in [0.25, 0.3) is 0 Å². The number of carbonyl (C=O) groups excluding carboxylic acids is 1. The van der Waals surface area contributed by atoms with E-state index in [4.69, 9.17) is 18.9 Å². The molecule has 0 heterocycles. The molecule has 0 aliphatic heterocycles. The van der Waals surface area contributed by atoms with Crippen molar-refractivity contribution < 1.29 is 23.7 Å². The first-order valence-corrected chi connectivity index (χ1v) is 6.81. The van der Waals surface area contributed by atoms with Crippen LogP contribution in [0.1, 0.15) is 10.4 Å². The van der Waals surface area contributed by atoms with Crippen LogP contribution < -0.4 is 10.1 Å². The van der Waals surface area contributed by atoms with E-state index in [1.165, 1.54) is 0 Å². The van der Waals surface area contributed by atoms with Crippen LogP contribution in [0.3, 0.4) is 0 Å². The topological polar surface area (TPSA) is 78.4 Å². The first kappa shape index (κ1) is 17.9. The molecular formula is C15H22N2O5. The number of hydrogen-bond donors (Lipinski definition) is 1. The summed E-state index contributed by atoms with van der Waals surface area (Å²) in [7, 11) is 4.69. The van der Waals surface area contributed by atoms with Crippen LogP contribution in [0.2, 0.25) is 0 Å². The van der Waals surface area contributed by atoms with Gasteiger partial charge in [-0.25, -0.2) is 4.99 Å². The van der Waals surface area contributed by atoms with Crippen molar-refractivity contribution in [2.24, 2.45) is 4.99 Å². The minimum Gasteiger partial charge on any atom is -0.497 e. The second kappa shape index (κ2) is 10.6. The summed E-state index contributed by atoms with van der Waals surface area (Å²) in [5.74, 6) is 0.276. The van der Waals surface area contributed by atoms with E-state index in [1.54, 1.807) is 45.6 Å². The molecule has 122 valence electrons. The van der Waals surface area contributed by atoms with Crippen LogP contribution >= 0.6 is 0 Å². The van der Waals surface area contributed by atoms with Crippen molar-refractivity contribution in [1.29, 1.82) is 0 Å². The molecule has 0 atom stereocenters. The highest BCUT2D eigenvalue weighted by Gasteiger charge is 2.10. The van der Waals surface area contributed by atoms with Gasteiger partial charge in [-0.2, -0.15) is 0 Å². The number of rotatable bonds is 8. The van der Waals surface area contributed by atoms with Crippen LogP contribution in [0, 0.1) is 0 Å². The number of nitrogens with zero attached hydrogens (tertiary/aromatic N) is 1. The summed E-state index contributed by atoms with van der Waals surface area (Å²) in [6.45, 7) is 1.52. The Morgan fingerprint density at radius 1 is 1.14 bits per heavy atom. The Labute approximate surface area is 130 Å². The second-order valence-corrected chi connectivity index (χ2v) is 4.21. The number of benzene rings is 1. The van der Waals surface area contributed by atoms with E-state index in [0.29, 0.717) is 37.7 Å². The SMILES string of the molecule is COCCN=C(NC(=O)c1cccc(OC)c1)OCCOC. The monoisotopic (exact) mass is 310 g/mol. The highest BCUT2D eigenvalue weighted by molar-refractivity contribution is 6.04. The summed E-state index contributed by atoms with van der Waals surface area (Å²) >= 11 is 0. The van der Waals surface area contributed by atoms with E-state index in [-0.39, 0.29) is 11.9 Å². The molecule has 0 aromatic heterocycles. The van der Waals surface area contributed by atoms with Crippen LogP contribution in [0.5, 0.6) is 5.75 Å². The minimum atomic E-state index is -0.326. The molecule has 7 nitrogen and oxygen atoms in total. The Bertz CT molecular complexity index is 491. The van der Waals surface area contributed by atoms with Gasteiger partial charge in [0.15, 0.2) is 0 Å². The molecule has 0 aliphatic rings. The lowest BCUT2D eigenvalue weighted by molar-refractivity contribution is 0.0953. The molecule has 22 heavy (non-hydrogen) atoms. The van der Waals surface area contributed by atoms with Crippen molar-refractivity contribution >= 4 is 11.9 Å². The third kappa shape index (κ3) is 6.55. The van der Waals surface area contributed by atoms with E-state index >= 15 is 0 Å². The van der Waals surface area contributed by atoms with Gasteiger partial charge in [0, 0.05) is 19.8 Å². The van der Waals surface area contributed by atoms with Gasteiger partial charge in [-0.15, -0.1) is 0 Å². The molecule has 0 saturated carbocycles. The number of nitrogens with one attached hydrogen (secondary N) is 1. The van der Waals surface area contributed by atoms with Gasteiger partial charge in [0.1, 0.15) is 12.4 Å². The molecule has 0 aliphatic carbocycles. The van der Waals surface area contributed by atoms with Gasteiger partial charge in [0.05, 0.1) is 26.9 Å². The van der Waals surface area contributed by atoms with E-state index in [9.17, 15) is 4.79 Å². The van der Waals surface area contributed by atoms with Crippen molar-refractivity contribution in [3.05, 3.63) is 29.8 Å². The number of amidine groups is 1. The fourth-order valence-electron chi connectivity index (χ4n) is 1.52. The molecular weight excluding hydrogens is 288 g/mol. The van der Waals surface area contributed by atoms with E-state index < -0.39 is 0 Å².